The molecule has 0 bridgehead atoms. The second-order valence-electron chi connectivity index (χ2n) is 4.69. The Morgan fingerprint density at radius 1 is 1.40 bits per heavy atom. The number of aromatic hydroxyl groups is 1. The minimum absolute atomic E-state index is 0.0851. The van der Waals surface area contributed by atoms with Crippen molar-refractivity contribution >= 4 is 15.7 Å². The van der Waals surface area contributed by atoms with Crippen LogP contribution >= 0.6 is 0 Å². The first-order valence-corrected chi connectivity index (χ1v) is 6.13. The number of phenolic OH excluding ortho intramolecular Hbond substituents is 1. The van der Waals surface area contributed by atoms with E-state index in [-0.39, 0.29) is 16.8 Å². The fraction of sp³-hybridized carbons (Fsp3) is 0.364. The molecule has 82 valence electrons. The van der Waals surface area contributed by atoms with E-state index >= 15 is 0 Å². The molecule has 3 nitrogen and oxygen atoms in total. The van der Waals surface area contributed by atoms with Crippen LogP contribution in [0.15, 0.2) is 24.3 Å². The lowest BCUT2D eigenvalue weighted by atomic mass is 10.2. The molecule has 0 radical (unpaired) electrons. The Morgan fingerprint density at radius 3 is 2.60 bits per heavy atom. The Morgan fingerprint density at radius 2 is 2.07 bits per heavy atom. The van der Waals surface area contributed by atoms with Crippen molar-refractivity contribution in [2.45, 2.75) is 25.8 Å². The predicted molar refractivity (Wildman–Crippen MR) is 61.8 cm³/mol. The number of phenols is 1. The van der Waals surface area contributed by atoms with Crippen molar-refractivity contribution in [3.8, 4) is 5.75 Å². The molecule has 0 aromatic heterocycles. The first-order valence-electron chi connectivity index (χ1n) is 4.85. The van der Waals surface area contributed by atoms with E-state index in [0.717, 1.165) is 0 Å². The quantitative estimate of drug-likeness (QED) is 0.780. The predicted octanol–water partition coefficient (Wildman–Crippen LogP) is 1.85. The van der Waals surface area contributed by atoms with Gasteiger partial charge in [0, 0.05) is 0 Å². The zero-order valence-corrected chi connectivity index (χ0v) is 10.7. The summed E-state index contributed by atoms with van der Waals surface area (Å²) in [6.45, 7) is 6.15. The van der Waals surface area contributed by atoms with E-state index in [9.17, 15) is 9.90 Å². The molecule has 0 aliphatic carbocycles. The molecule has 0 aliphatic rings. The summed E-state index contributed by atoms with van der Waals surface area (Å²) in [5.41, 5.74) is 0.409. The fourth-order valence-corrected chi connectivity index (χ4v) is 1.73. The van der Waals surface area contributed by atoms with Crippen LogP contribution in [0.3, 0.4) is 0 Å². The third-order valence-electron chi connectivity index (χ3n) is 1.72. The van der Waals surface area contributed by atoms with Crippen LogP contribution in [0.4, 0.5) is 0 Å². The molecule has 0 amide bonds. The average molecular weight is 224 g/mol. The zero-order valence-electron chi connectivity index (χ0n) is 9.28. The number of carbonyl (C=O) groups is 1. The third-order valence-corrected chi connectivity index (χ3v) is 2.99. The van der Waals surface area contributed by atoms with Crippen LogP contribution < -0.4 is 0 Å². The Balaban J connectivity index is 2.62. The molecule has 0 fully saturated rings. The van der Waals surface area contributed by atoms with E-state index in [4.69, 9.17) is 4.43 Å². The second kappa shape index (κ2) is 4.48. The second-order valence-corrected chi connectivity index (χ2v) is 7.39. The van der Waals surface area contributed by atoms with Crippen LogP contribution in [0, 0.1) is 0 Å². The van der Waals surface area contributed by atoms with Crippen molar-refractivity contribution in [2.24, 2.45) is 0 Å². The number of hydrogen-bond acceptors (Lipinski definition) is 3. The summed E-state index contributed by atoms with van der Waals surface area (Å²) in [4.78, 5) is 11.5. The molecule has 0 heterocycles. The molecule has 15 heavy (non-hydrogen) atoms. The van der Waals surface area contributed by atoms with Crippen LogP contribution in [0.25, 0.3) is 0 Å². The van der Waals surface area contributed by atoms with E-state index in [1.165, 1.54) is 12.1 Å². The van der Waals surface area contributed by atoms with Gasteiger partial charge in [0.05, 0.1) is 5.56 Å². The van der Waals surface area contributed by atoms with Crippen LogP contribution in [-0.4, -0.2) is 20.8 Å². The van der Waals surface area contributed by atoms with Gasteiger partial charge in [-0.3, -0.25) is 0 Å². The van der Waals surface area contributed by atoms with Crippen molar-refractivity contribution < 1.29 is 14.3 Å². The Bertz CT molecular complexity index is 355. The number of benzene rings is 1. The van der Waals surface area contributed by atoms with Crippen LogP contribution in [0.2, 0.25) is 5.04 Å². The van der Waals surface area contributed by atoms with E-state index in [1.54, 1.807) is 12.1 Å². The topological polar surface area (TPSA) is 46.5 Å². The maximum atomic E-state index is 11.5. The van der Waals surface area contributed by atoms with Gasteiger partial charge in [0.2, 0.25) is 9.76 Å². The zero-order chi connectivity index (χ0) is 11.5. The molecular weight excluding hydrogens is 208 g/mol. The highest BCUT2D eigenvalue weighted by atomic mass is 28.2. The Hall–Kier alpha value is -1.29. The third kappa shape index (κ3) is 4.16. The molecule has 0 atom stereocenters. The minimum atomic E-state index is -0.885. The highest BCUT2D eigenvalue weighted by molar-refractivity contribution is 6.35. The van der Waals surface area contributed by atoms with Crippen molar-refractivity contribution in [2.75, 3.05) is 0 Å². The van der Waals surface area contributed by atoms with E-state index in [1.807, 2.05) is 0 Å². The summed E-state index contributed by atoms with van der Waals surface area (Å²) in [6, 6.07) is 6.21. The molecule has 4 heteroatoms. The van der Waals surface area contributed by atoms with Crippen LogP contribution in [0.5, 0.6) is 5.75 Å². The van der Waals surface area contributed by atoms with Gasteiger partial charge < -0.3 is 9.53 Å². The monoisotopic (exact) mass is 224 g/mol. The Labute approximate surface area is 92.0 Å². The molecule has 1 aromatic carbocycles. The van der Waals surface area contributed by atoms with Crippen molar-refractivity contribution in [1.82, 2.24) is 0 Å². The molecule has 1 N–H and O–H groups in total. The van der Waals surface area contributed by atoms with Gasteiger partial charge >= 0.3 is 5.97 Å². The summed E-state index contributed by atoms with van der Waals surface area (Å²) in [6.07, 6.45) is 0. The van der Waals surface area contributed by atoms with Gasteiger partial charge in [0.1, 0.15) is 5.75 Å². The van der Waals surface area contributed by atoms with E-state index in [0.29, 0.717) is 5.56 Å². The van der Waals surface area contributed by atoms with Gasteiger partial charge in [-0.05, 0) is 23.2 Å². The van der Waals surface area contributed by atoms with E-state index < -0.39 is 9.76 Å². The lowest BCUT2D eigenvalue weighted by Gasteiger charge is -2.16. The van der Waals surface area contributed by atoms with Gasteiger partial charge in [0.25, 0.3) is 0 Å². The number of rotatable bonds is 2. The maximum absolute atomic E-state index is 11.5. The van der Waals surface area contributed by atoms with Gasteiger partial charge in [-0.15, -0.1) is 0 Å². The maximum Gasteiger partial charge on any atom is 0.324 e. The first-order chi connectivity index (χ1) is 6.88. The number of hydrogen-bond donors (Lipinski definition) is 1. The summed E-state index contributed by atoms with van der Waals surface area (Å²) >= 11 is 0. The SMILES string of the molecule is CC(C)(C)[SiH2]OC(=O)c1cccc(O)c1. The lowest BCUT2D eigenvalue weighted by molar-refractivity contribution is 0.0734. The minimum Gasteiger partial charge on any atom is -0.521 e. The van der Waals surface area contributed by atoms with Gasteiger partial charge in [-0.25, -0.2) is 4.79 Å². The van der Waals surface area contributed by atoms with Crippen LogP contribution in [0.1, 0.15) is 31.1 Å². The smallest absolute Gasteiger partial charge is 0.324 e. The highest BCUT2D eigenvalue weighted by Crippen LogP contribution is 2.21. The summed E-state index contributed by atoms with van der Waals surface area (Å²) in [5, 5.41) is 9.28. The molecule has 0 unspecified atom stereocenters. The molecule has 1 aromatic rings. The molecule has 0 aliphatic heterocycles. The van der Waals surface area contributed by atoms with E-state index in [2.05, 4.69) is 20.8 Å². The molecule has 0 saturated heterocycles. The Kier molecular flexibility index (Phi) is 3.52. The molecule has 1 rings (SSSR count). The molecular formula is C11H16O3Si. The highest BCUT2D eigenvalue weighted by Gasteiger charge is 2.16. The molecule has 0 spiro atoms. The first kappa shape index (κ1) is 11.8. The van der Waals surface area contributed by atoms with Crippen molar-refractivity contribution in [3.05, 3.63) is 29.8 Å². The molecule has 0 saturated carbocycles. The average Bonchev–Trinajstić information content (AvgIpc) is 2.13. The number of carbonyl (C=O) groups excluding carboxylic acids is 1. The van der Waals surface area contributed by atoms with Crippen molar-refractivity contribution in [1.29, 1.82) is 0 Å². The van der Waals surface area contributed by atoms with Crippen molar-refractivity contribution in [3.63, 3.8) is 0 Å². The largest absolute Gasteiger partial charge is 0.521 e. The van der Waals surface area contributed by atoms with Crippen LogP contribution in [-0.2, 0) is 4.43 Å². The normalized spacial score (nSPS) is 11.9. The summed E-state index contributed by atoms with van der Waals surface area (Å²) in [5.74, 6) is -0.255. The van der Waals surface area contributed by atoms with Gasteiger partial charge in [0.15, 0.2) is 0 Å². The standard InChI is InChI=1S/C11H16O3Si/c1-11(2,3)15-14-10(13)8-5-4-6-9(12)7-8/h4-7,12H,15H2,1-3H3. The summed E-state index contributed by atoms with van der Waals surface area (Å²) in [7, 11) is -0.885. The summed E-state index contributed by atoms with van der Waals surface area (Å²) < 4.78 is 5.24. The van der Waals surface area contributed by atoms with Gasteiger partial charge in [-0.1, -0.05) is 26.8 Å². The lowest BCUT2D eigenvalue weighted by Crippen LogP contribution is -2.17. The van der Waals surface area contributed by atoms with Gasteiger partial charge in [-0.2, -0.15) is 0 Å². The fourth-order valence-electron chi connectivity index (χ4n) is 0.998.